The van der Waals surface area contributed by atoms with Crippen molar-refractivity contribution in [3.8, 4) is 0 Å². The minimum Gasteiger partial charge on any atom is -0.330 e. The van der Waals surface area contributed by atoms with Gasteiger partial charge in [-0.25, -0.2) is 0 Å². The molecule has 0 amide bonds. The predicted octanol–water partition coefficient (Wildman–Crippen LogP) is 4.29. The van der Waals surface area contributed by atoms with E-state index >= 15 is 0 Å². The molecule has 0 saturated heterocycles. The molecule has 0 aromatic heterocycles. The Hall–Kier alpha value is -0.0800. The fraction of sp³-hybridized carbons (Fsp3) is 1.00. The molecule has 0 aliphatic heterocycles. The molecule has 0 spiro atoms. The van der Waals surface area contributed by atoms with Crippen molar-refractivity contribution < 1.29 is 0 Å². The van der Waals surface area contributed by atoms with E-state index < -0.39 is 0 Å². The summed E-state index contributed by atoms with van der Waals surface area (Å²) in [4.78, 5) is 2.77. The second-order valence-corrected chi connectivity index (χ2v) is 8.66. The minimum atomic E-state index is 0.231. The van der Waals surface area contributed by atoms with Crippen LogP contribution in [0, 0.1) is 16.7 Å². The van der Waals surface area contributed by atoms with Crippen molar-refractivity contribution in [2.75, 3.05) is 19.6 Å². The van der Waals surface area contributed by atoms with Crippen LogP contribution in [0.1, 0.15) is 73.6 Å². The van der Waals surface area contributed by atoms with Gasteiger partial charge in [0.15, 0.2) is 0 Å². The molecule has 1 saturated carbocycles. The maximum atomic E-state index is 5.97. The summed E-state index contributed by atoms with van der Waals surface area (Å²) in [6.45, 7) is 17.3. The molecule has 2 atom stereocenters. The Morgan fingerprint density at radius 1 is 1.05 bits per heavy atom. The maximum Gasteiger partial charge on any atom is 0.0129 e. The van der Waals surface area contributed by atoms with Gasteiger partial charge in [-0.15, -0.1) is 0 Å². The maximum absolute atomic E-state index is 5.97. The van der Waals surface area contributed by atoms with Gasteiger partial charge in [0.05, 0.1) is 0 Å². The third-order valence-electron chi connectivity index (χ3n) is 5.01. The zero-order valence-electron chi connectivity index (χ0n) is 14.8. The highest BCUT2D eigenvalue weighted by molar-refractivity contribution is 4.91. The lowest BCUT2D eigenvalue weighted by Gasteiger charge is -2.47. The smallest absolute Gasteiger partial charge is 0.0129 e. The fourth-order valence-corrected chi connectivity index (χ4v) is 3.82. The van der Waals surface area contributed by atoms with Gasteiger partial charge in [0.2, 0.25) is 0 Å². The molecule has 1 fully saturated rings. The van der Waals surface area contributed by atoms with Gasteiger partial charge in [0, 0.05) is 12.6 Å². The van der Waals surface area contributed by atoms with Crippen LogP contribution in [0.4, 0.5) is 0 Å². The first-order valence-electron chi connectivity index (χ1n) is 8.65. The fourth-order valence-electron chi connectivity index (χ4n) is 3.82. The number of hydrogen-bond donors (Lipinski definition) is 1. The highest BCUT2D eigenvalue weighted by Gasteiger charge is 2.38. The van der Waals surface area contributed by atoms with E-state index in [9.17, 15) is 0 Å². The first kappa shape index (κ1) is 18.0. The molecular weight excluding hydrogens is 244 g/mol. The Kier molecular flexibility index (Phi) is 6.53. The van der Waals surface area contributed by atoms with Crippen LogP contribution in [-0.4, -0.2) is 30.6 Å². The molecule has 1 rings (SSSR count). The van der Waals surface area contributed by atoms with Gasteiger partial charge >= 0.3 is 0 Å². The molecule has 2 heteroatoms. The average molecular weight is 283 g/mol. The van der Waals surface area contributed by atoms with Crippen LogP contribution in [0.25, 0.3) is 0 Å². The minimum absolute atomic E-state index is 0.231. The highest BCUT2D eigenvalue weighted by Crippen LogP contribution is 2.41. The molecular formula is C18H38N2. The van der Waals surface area contributed by atoms with E-state index in [1.807, 2.05) is 0 Å². The number of nitrogens with two attached hydrogens (primary N) is 1. The van der Waals surface area contributed by atoms with Crippen molar-refractivity contribution in [3.05, 3.63) is 0 Å². The third kappa shape index (κ3) is 5.04. The molecule has 0 bridgehead atoms. The van der Waals surface area contributed by atoms with Gasteiger partial charge < -0.3 is 5.73 Å². The van der Waals surface area contributed by atoms with Crippen molar-refractivity contribution >= 4 is 0 Å². The summed E-state index contributed by atoms with van der Waals surface area (Å²) >= 11 is 0. The van der Waals surface area contributed by atoms with Crippen LogP contribution in [0.2, 0.25) is 0 Å². The molecule has 20 heavy (non-hydrogen) atoms. The largest absolute Gasteiger partial charge is 0.330 e. The Morgan fingerprint density at radius 2 is 1.65 bits per heavy atom. The zero-order chi connectivity index (χ0) is 15.4. The molecule has 2 unspecified atom stereocenters. The monoisotopic (exact) mass is 282 g/mol. The van der Waals surface area contributed by atoms with Gasteiger partial charge in [-0.3, -0.25) is 4.90 Å². The summed E-state index contributed by atoms with van der Waals surface area (Å²) in [6, 6.07) is 0.759. The van der Waals surface area contributed by atoms with E-state index in [4.69, 9.17) is 5.73 Å². The van der Waals surface area contributed by atoms with E-state index in [1.54, 1.807) is 0 Å². The lowest BCUT2D eigenvalue weighted by molar-refractivity contribution is 0.0215. The van der Waals surface area contributed by atoms with Gasteiger partial charge in [0.25, 0.3) is 0 Å². The topological polar surface area (TPSA) is 29.3 Å². The summed E-state index contributed by atoms with van der Waals surface area (Å²) in [5.74, 6) is 0.830. The third-order valence-corrected chi connectivity index (χ3v) is 5.01. The second kappa shape index (κ2) is 7.26. The van der Waals surface area contributed by atoms with Gasteiger partial charge in [-0.2, -0.15) is 0 Å². The summed E-state index contributed by atoms with van der Waals surface area (Å²) in [7, 11) is 0. The SMILES string of the molecule is CCCN(CC(C)(C)CN)C1CCCCC1C(C)(C)C. The van der Waals surface area contributed by atoms with Crippen LogP contribution in [-0.2, 0) is 0 Å². The zero-order valence-corrected chi connectivity index (χ0v) is 14.8. The average Bonchev–Trinajstić information content (AvgIpc) is 2.37. The van der Waals surface area contributed by atoms with Crippen molar-refractivity contribution in [3.63, 3.8) is 0 Å². The summed E-state index contributed by atoms with van der Waals surface area (Å²) in [6.07, 6.45) is 6.84. The summed E-state index contributed by atoms with van der Waals surface area (Å²) < 4.78 is 0. The number of hydrogen-bond acceptors (Lipinski definition) is 2. The first-order chi connectivity index (χ1) is 9.21. The second-order valence-electron chi connectivity index (χ2n) is 8.66. The molecule has 0 aromatic carbocycles. The molecule has 1 aliphatic rings. The standard InChI is InChI=1S/C18H38N2/c1-7-12-20(14-18(5,6)13-19)16-11-9-8-10-15(16)17(2,3)4/h15-16H,7-14,19H2,1-6H3. The summed E-state index contributed by atoms with van der Waals surface area (Å²) in [5.41, 5.74) is 6.63. The first-order valence-corrected chi connectivity index (χ1v) is 8.65. The molecule has 120 valence electrons. The molecule has 2 nitrogen and oxygen atoms in total. The summed E-state index contributed by atoms with van der Waals surface area (Å²) in [5, 5.41) is 0. The Balaban J connectivity index is 2.86. The van der Waals surface area contributed by atoms with Crippen molar-refractivity contribution in [1.82, 2.24) is 4.90 Å². The van der Waals surface area contributed by atoms with Gasteiger partial charge in [0.1, 0.15) is 0 Å². The molecule has 0 aromatic rings. The Morgan fingerprint density at radius 3 is 2.15 bits per heavy atom. The quantitative estimate of drug-likeness (QED) is 0.787. The lowest BCUT2D eigenvalue weighted by atomic mass is 9.68. The predicted molar refractivity (Wildman–Crippen MR) is 89.9 cm³/mol. The Bertz CT molecular complexity index is 278. The van der Waals surface area contributed by atoms with Gasteiger partial charge in [-0.1, -0.05) is 54.4 Å². The number of rotatable bonds is 6. The molecule has 1 aliphatic carbocycles. The Labute approximate surface area is 127 Å². The van der Waals surface area contributed by atoms with Crippen LogP contribution in [0.15, 0.2) is 0 Å². The molecule has 0 radical (unpaired) electrons. The van der Waals surface area contributed by atoms with Crippen molar-refractivity contribution in [1.29, 1.82) is 0 Å². The van der Waals surface area contributed by atoms with Gasteiger partial charge in [-0.05, 0) is 49.1 Å². The van der Waals surface area contributed by atoms with E-state index in [0.29, 0.717) is 5.41 Å². The van der Waals surface area contributed by atoms with E-state index in [2.05, 4.69) is 46.4 Å². The highest BCUT2D eigenvalue weighted by atomic mass is 15.2. The van der Waals surface area contributed by atoms with Crippen molar-refractivity contribution in [2.24, 2.45) is 22.5 Å². The van der Waals surface area contributed by atoms with E-state index in [-0.39, 0.29) is 5.41 Å². The molecule has 2 N–H and O–H groups in total. The lowest BCUT2D eigenvalue weighted by Crippen LogP contribution is -2.51. The van der Waals surface area contributed by atoms with Crippen LogP contribution in [0.3, 0.4) is 0 Å². The van der Waals surface area contributed by atoms with Crippen molar-refractivity contribution in [2.45, 2.75) is 79.7 Å². The van der Waals surface area contributed by atoms with Crippen LogP contribution in [0.5, 0.6) is 0 Å². The molecule has 0 heterocycles. The normalized spacial score (nSPS) is 25.2. The van der Waals surface area contributed by atoms with E-state index in [0.717, 1.165) is 25.0 Å². The number of nitrogens with zero attached hydrogens (tertiary/aromatic N) is 1. The van der Waals surface area contributed by atoms with Crippen LogP contribution >= 0.6 is 0 Å². The van der Waals surface area contributed by atoms with E-state index in [1.165, 1.54) is 38.6 Å². The van der Waals surface area contributed by atoms with Crippen LogP contribution < -0.4 is 5.73 Å².